The molecule has 7 nitrogen and oxygen atoms in total. The van der Waals surface area contributed by atoms with Gasteiger partial charge in [0.1, 0.15) is 6.61 Å². The molecule has 0 spiro atoms. The van der Waals surface area contributed by atoms with E-state index < -0.39 is 7.82 Å². The molecule has 4 rings (SSSR count). The van der Waals surface area contributed by atoms with Crippen molar-refractivity contribution >= 4 is 13.8 Å². The van der Waals surface area contributed by atoms with Gasteiger partial charge in [0.05, 0.1) is 18.3 Å². The number of carbonyl (C=O) groups excluding carboxylic acids is 1. The zero-order valence-electron chi connectivity index (χ0n) is 17.3. The molecule has 2 N–H and O–H groups in total. The molecule has 2 aliphatic heterocycles. The van der Waals surface area contributed by atoms with E-state index >= 15 is 0 Å². The van der Waals surface area contributed by atoms with Crippen LogP contribution in [-0.2, 0) is 23.1 Å². The van der Waals surface area contributed by atoms with Gasteiger partial charge in [-0.15, -0.1) is 0 Å². The summed E-state index contributed by atoms with van der Waals surface area (Å²) in [5, 5.41) is 0. The second-order valence-electron chi connectivity index (χ2n) is 8.71. The number of hydrogen-bond acceptors (Lipinski definition) is 6. The van der Waals surface area contributed by atoms with Gasteiger partial charge in [0.2, 0.25) is 0 Å². The molecule has 2 saturated carbocycles. The molecule has 4 aliphatic rings. The SMILES string of the molecule is C=C1CC[C@@H]2[C@]3(C)COP(=O)([O-])O[C@@H]3CC[C@@]2(C)[C@@H]1/C=C/C1=CCOC1=O.O.[Na+]. The molecule has 0 aromatic heterocycles. The number of ether oxygens (including phenoxy) is 1. The molecule has 1 unspecified atom stereocenters. The third kappa shape index (κ3) is 4.26. The Morgan fingerprint density at radius 2 is 2.03 bits per heavy atom. The summed E-state index contributed by atoms with van der Waals surface area (Å²) in [7, 11) is -4.19. The predicted octanol–water partition coefficient (Wildman–Crippen LogP) is -0.522. The fourth-order valence-corrected chi connectivity index (χ4v) is 6.90. The zero-order chi connectivity index (χ0) is 19.4. The molecule has 156 valence electrons. The number of esters is 1. The van der Waals surface area contributed by atoms with E-state index in [0.717, 1.165) is 24.8 Å². The number of hydrogen-bond donors (Lipinski definition) is 0. The summed E-state index contributed by atoms with van der Waals surface area (Å²) >= 11 is 0. The number of carbonyl (C=O) groups is 1. The summed E-state index contributed by atoms with van der Waals surface area (Å²) in [5.74, 6) is 0.0725. The minimum atomic E-state index is -4.19. The molecular formula is C20H28NaO7P. The van der Waals surface area contributed by atoms with Gasteiger partial charge >= 0.3 is 35.5 Å². The Balaban J connectivity index is 0.00000150. The Kier molecular flexibility index (Phi) is 7.52. The van der Waals surface area contributed by atoms with Crippen LogP contribution < -0.4 is 34.5 Å². The van der Waals surface area contributed by atoms with E-state index in [1.807, 2.05) is 6.08 Å². The summed E-state index contributed by atoms with van der Waals surface area (Å²) in [6.07, 6.45) is 8.71. The Hall–Kier alpha value is -0.240. The van der Waals surface area contributed by atoms with Crippen molar-refractivity contribution in [3.05, 3.63) is 36.0 Å². The fraction of sp³-hybridized carbons (Fsp3) is 0.650. The number of cyclic esters (lactones) is 1. The van der Waals surface area contributed by atoms with E-state index in [9.17, 15) is 14.3 Å². The fourth-order valence-electron chi connectivity index (χ4n) is 5.74. The van der Waals surface area contributed by atoms with Crippen LogP contribution in [-0.4, -0.2) is 30.8 Å². The molecule has 0 bridgehead atoms. The molecule has 29 heavy (non-hydrogen) atoms. The Morgan fingerprint density at radius 3 is 2.69 bits per heavy atom. The quantitative estimate of drug-likeness (QED) is 0.250. The van der Waals surface area contributed by atoms with E-state index in [-0.39, 0.29) is 76.4 Å². The maximum atomic E-state index is 11.8. The Labute approximate surface area is 193 Å². The summed E-state index contributed by atoms with van der Waals surface area (Å²) < 4.78 is 27.2. The van der Waals surface area contributed by atoms with Crippen LogP contribution in [0.2, 0.25) is 0 Å². The van der Waals surface area contributed by atoms with Gasteiger partial charge < -0.3 is 24.2 Å². The maximum Gasteiger partial charge on any atom is 1.00 e. The first kappa shape index (κ1) is 25.0. The van der Waals surface area contributed by atoms with Gasteiger partial charge in [-0.2, -0.15) is 0 Å². The number of rotatable bonds is 2. The minimum absolute atomic E-state index is 0. The van der Waals surface area contributed by atoms with Gasteiger partial charge in [0.15, 0.2) is 0 Å². The summed E-state index contributed by atoms with van der Waals surface area (Å²) in [6, 6.07) is 0. The van der Waals surface area contributed by atoms with Gasteiger partial charge in [-0.1, -0.05) is 38.2 Å². The van der Waals surface area contributed by atoms with Crippen molar-refractivity contribution in [2.24, 2.45) is 22.7 Å². The van der Waals surface area contributed by atoms with Crippen molar-refractivity contribution in [3.63, 3.8) is 0 Å². The molecule has 0 radical (unpaired) electrons. The molecule has 2 heterocycles. The zero-order valence-corrected chi connectivity index (χ0v) is 20.2. The normalized spacial score (nSPS) is 44.1. The number of phosphoric acid groups is 1. The van der Waals surface area contributed by atoms with Crippen LogP contribution in [0.3, 0.4) is 0 Å². The van der Waals surface area contributed by atoms with Crippen LogP contribution in [0.5, 0.6) is 0 Å². The Morgan fingerprint density at radius 1 is 1.31 bits per heavy atom. The molecule has 0 aromatic carbocycles. The first-order valence-electron chi connectivity index (χ1n) is 9.53. The van der Waals surface area contributed by atoms with Crippen molar-refractivity contribution in [2.45, 2.75) is 45.6 Å². The molecule has 9 heteroatoms. The van der Waals surface area contributed by atoms with Crippen LogP contribution in [0.4, 0.5) is 0 Å². The van der Waals surface area contributed by atoms with Gasteiger partial charge in [0.25, 0.3) is 7.82 Å². The van der Waals surface area contributed by atoms with Gasteiger partial charge in [-0.3, -0.25) is 4.57 Å². The van der Waals surface area contributed by atoms with Crippen molar-refractivity contribution in [1.82, 2.24) is 0 Å². The van der Waals surface area contributed by atoms with Crippen LogP contribution in [0.1, 0.15) is 39.5 Å². The van der Waals surface area contributed by atoms with E-state index in [4.69, 9.17) is 13.8 Å². The molecular weight excluding hydrogens is 406 g/mol. The largest absolute Gasteiger partial charge is 1.00 e. The monoisotopic (exact) mass is 434 g/mol. The third-order valence-electron chi connectivity index (χ3n) is 7.19. The summed E-state index contributed by atoms with van der Waals surface area (Å²) in [4.78, 5) is 23.5. The molecule has 2 aliphatic carbocycles. The maximum absolute atomic E-state index is 11.8. The number of allylic oxidation sites excluding steroid dienone is 2. The molecule has 6 atom stereocenters. The third-order valence-corrected chi connectivity index (χ3v) is 8.15. The standard InChI is InChI=1S/C20H27O6P.Na.H2O/c1-13-4-7-16-19(2,15(13)6-5-14-9-11-24-18(14)21)10-8-17-20(16,3)12-25-27(22,23)26-17;;/h5-6,9,15-17H,1,4,7-8,10-12H2,2-3H3,(H,22,23);;1H2/q;+1;/p-1/b6-5+;;/t15-,16+,17-,19+,20+;;/m1../s1. The number of phosphoric ester groups is 1. The van der Waals surface area contributed by atoms with E-state index in [1.54, 1.807) is 6.08 Å². The van der Waals surface area contributed by atoms with Crippen molar-refractivity contribution in [3.8, 4) is 0 Å². The van der Waals surface area contributed by atoms with E-state index in [2.05, 4.69) is 26.5 Å². The average molecular weight is 434 g/mol. The number of fused-ring (bicyclic) bond motifs is 3. The summed E-state index contributed by atoms with van der Waals surface area (Å²) in [5.41, 5.74) is 1.30. The first-order valence-corrected chi connectivity index (χ1v) is 11.0. The smallest absolute Gasteiger partial charge is 0.756 e. The summed E-state index contributed by atoms with van der Waals surface area (Å²) in [6.45, 7) is 9.14. The topological polar surface area (TPSA) is 116 Å². The van der Waals surface area contributed by atoms with E-state index in [1.165, 1.54) is 0 Å². The van der Waals surface area contributed by atoms with Gasteiger partial charge in [0, 0.05) is 11.3 Å². The van der Waals surface area contributed by atoms with Gasteiger partial charge in [-0.25, -0.2) is 4.79 Å². The molecule has 0 aromatic rings. The average Bonchev–Trinajstić information content (AvgIpc) is 3.00. The van der Waals surface area contributed by atoms with Crippen molar-refractivity contribution in [2.75, 3.05) is 13.2 Å². The predicted molar refractivity (Wildman–Crippen MR) is 101 cm³/mol. The Bertz CT molecular complexity index is 794. The second kappa shape index (κ2) is 8.71. The van der Waals surface area contributed by atoms with Crippen molar-refractivity contribution in [1.29, 1.82) is 0 Å². The molecule has 3 fully saturated rings. The van der Waals surface area contributed by atoms with Crippen LogP contribution >= 0.6 is 7.82 Å². The second-order valence-corrected chi connectivity index (χ2v) is 10.1. The van der Waals surface area contributed by atoms with Crippen LogP contribution in [0, 0.1) is 22.7 Å². The van der Waals surface area contributed by atoms with Crippen molar-refractivity contribution < 1.29 is 63.1 Å². The van der Waals surface area contributed by atoms with Crippen LogP contribution in [0.15, 0.2) is 36.0 Å². The molecule has 0 amide bonds. The van der Waals surface area contributed by atoms with Gasteiger partial charge in [-0.05, 0) is 43.1 Å². The molecule has 1 saturated heterocycles. The van der Waals surface area contributed by atoms with Crippen LogP contribution in [0.25, 0.3) is 0 Å². The first-order chi connectivity index (χ1) is 12.7. The minimum Gasteiger partial charge on any atom is -0.756 e. The van der Waals surface area contributed by atoms with E-state index in [0.29, 0.717) is 18.6 Å².